The van der Waals surface area contributed by atoms with Gasteiger partial charge in [-0.3, -0.25) is 9.59 Å². The summed E-state index contributed by atoms with van der Waals surface area (Å²) in [4.78, 5) is 24.3. The van der Waals surface area contributed by atoms with E-state index in [2.05, 4.69) is 16.0 Å². The van der Waals surface area contributed by atoms with E-state index in [1.807, 2.05) is 17.5 Å². The molecule has 0 radical (unpaired) electrons. The third-order valence-electron chi connectivity index (χ3n) is 3.52. The number of halogens is 1. The van der Waals surface area contributed by atoms with E-state index in [4.69, 9.17) is 0 Å². The van der Waals surface area contributed by atoms with Gasteiger partial charge in [0.1, 0.15) is 0 Å². The van der Waals surface area contributed by atoms with Gasteiger partial charge in [-0.25, -0.2) is 0 Å². The van der Waals surface area contributed by atoms with Crippen molar-refractivity contribution in [3.05, 3.63) is 22.4 Å². The molecule has 1 aromatic heterocycles. The van der Waals surface area contributed by atoms with Crippen LogP contribution in [0.2, 0.25) is 0 Å². The summed E-state index contributed by atoms with van der Waals surface area (Å²) in [6, 6.07) is 3.50. The molecule has 0 aliphatic carbocycles. The second-order valence-electron chi connectivity index (χ2n) is 5.26. The smallest absolute Gasteiger partial charge is 0.222 e. The van der Waals surface area contributed by atoms with Gasteiger partial charge < -0.3 is 21.1 Å². The molecule has 1 aliphatic rings. The van der Waals surface area contributed by atoms with Crippen molar-refractivity contribution >= 4 is 35.6 Å². The fourth-order valence-corrected chi connectivity index (χ4v) is 3.17. The van der Waals surface area contributed by atoms with Crippen molar-refractivity contribution in [2.45, 2.75) is 25.5 Å². The van der Waals surface area contributed by atoms with Gasteiger partial charge in [0, 0.05) is 37.4 Å². The molecule has 0 spiro atoms. The van der Waals surface area contributed by atoms with Crippen molar-refractivity contribution in [1.82, 2.24) is 16.0 Å². The van der Waals surface area contributed by atoms with Crippen LogP contribution in [0.1, 0.15) is 24.3 Å². The number of carbonyl (C=O) groups is 2. The van der Waals surface area contributed by atoms with Gasteiger partial charge in [0.25, 0.3) is 0 Å². The number of aliphatic hydroxyl groups is 1. The molecule has 1 saturated heterocycles. The first kappa shape index (κ1) is 18.9. The molecule has 0 saturated carbocycles. The molecule has 2 heterocycles. The Hall–Kier alpha value is -1.15. The lowest BCUT2D eigenvalue weighted by Crippen LogP contribution is -2.37. The number of rotatable bonds is 6. The maximum absolute atomic E-state index is 12.0. The van der Waals surface area contributed by atoms with Crippen LogP contribution in [0.3, 0.4) is 0 Å². The zero-order chi connectivity index (χ0) is 15.2. The molecule has 1 aliphatic heterocycles. The maximum atomic E-state index is 12.0. The molecule has 2 amide bonds. The Morgan fingerprint density at radius 2 is 2.27 bits per heavy atom. The third-order valence-corrected chi connectivity index (χ3v) is 4.51. The first-order chi connectivity index (χ1) is 10.1. The highest BCUT2D eigenvalue weighted by atomic mass is 35.5. The van der Waals surface area contributed by atoms with Crippen molar-refractivity contribution in [3.63, 3.8) is 0 Å². The van der Waals surface area contributed by atoms with Gasteiger partial charge in [-0.2, -0.15) is 0 Å². The topological polar surface area (TPSA) is 90.5 Å². The predicted octanol–water partition coefficient (Wildman–Crippen LogP) is 0.434. The van der Waals surface area contributed by atoms with Crippen LogP contribution >= 0.6 is 23.7 Å². The number of thiophene rings is 1. The lowest BCUT2D eigenvalue weighted by atomic mass is 10.1. The average molecular weight is 348 g/mol. The quantitative estimate of drug-likeness (QED) is 0.601. The van der Waals surface area contributed by atoms with Gasteiger partial charge in [0.15, 0.2) is 0 Å². The van der Waals surface area contributed by atoms with Crippen LogP contribution in [0.25, 0.3) is 0 Å². The molecule has 4 N–H and O–H groups in total. The Labute approximate surface area is 140 Å². The number of nitrogens with one attached hydrogen (secondary N) is 3. The molecule has 3 atom stereocenters. The largest absolute Gasteiger partial charge is 0.391 e. The summed E-state index contributed by atoms with van der Waals surface area (Å²) in [6.07, 6.45) is -0.204. The number of aliphatic hydroxyl groups excluding tert-OH is 1. The highest BCUT2D eigenvalue weighted by molar-refractivity contribution is 7.10. The lowest BCUT2D eigenvalue weighted by Gasteiger charge is -2.18. The zero-order valence-corrected chi connectivity index (χ0v) is 14.0. The minimum absolute atomic E-state index is 0. The molecular formula is C14H22ClN3O3S. The molecular weight excluding hydrogens is 326 g/mol. The monoisotopic (exact) mass is 347 g/mol. The zero-order valence-electron chi connectivity index (χ0n) is 12.4. The van der Waals surface area contributed by atoms with Gasteiger partial charge in [-0.1, -0.05) is 6.07 Å². The van der Waals surface area contributed by atoms with E-state index in [-0.39, 0.29) is 42.6 Å². The highest BCUT2D eigenvalue weighted by Crippen LogP contribution is 2.22. The highest BCUT2D eigenvalue weighted by Gasteiger charge is 2.25. The van der Waals surface area contributed by atoms with Crippen LogP contribution in [0.15, 0.2) is 17.5 Å². The fourth-order valence-electron chi connectivity index (χ4n) is 2.39. The van der Waals surface area contributed by atoms with Gasteiger partial charge in [0.05, 0.1) is 18.6 Å². The Kier molecular flexibility index (Phi) is 7.81. The Morgan fingerprint density at radius 1 is 1.50 bits per heavy atom. The Morgan fingerprint density at radius 3 is 2.82 bits per heavy atom. The first-order valence-electron chi connectivity index (χ1n) is 7.02. The van der Waals surface area contributed by atoms with Crippen molar-refractivity contribution in [3.8, 4) is 0 Å². The van der Waals surface area contributed by atoms with Crippen molar-refractivity contribution in [2.75, 3.05) is 19.6 Å². The SMILES string of the molecule is CC(=O)NC(CC(=O)NCC1CNCC1O)c1cccs1.Cl. The van der Waals surface area contributed by atoms with Crippen LogP contribution in [0.5, 0.6) is 0 Å². The molecule has 8 heteroatoms. The number of carbonyl (C=O) groups excluding carboxylic acids is 2. The number of β-amino-alcohol motifs (C(OH)–C–C–N with tert-alkyl or cyclic N) is 1. The van der Waals surface area contributed by atoms with E-state index in [0.717, 1.165) is 4.88 Å². The van der Waals surface area contributed by atoms with Crippen molar-refractivity contribution < 1.29 is 14.7 Å². The molecule has 1 aromatic rings. The van der Waals surface area contributed by atoms with E-state index in [1.54, 1.807) is 0 Å². The minimum Gasteiger partial charge on any atom is -0.391 e. The van der Waals surface area contributed by atoms with Crippen LogP contribution < -0.4 is 16.0 Å². The van der Waals surface area contributed by atoms with Crippen LogP contribution in [-0.2, 0) is 9.59 Å². The van der Waals surface area contributed by atoms with E-state index in [0.29, 0.717) is 19.6 Å². The maximum Gasteiger partial charge on any atom is 0.222 e. The predicted molar refractivity (Wildman–Crippen MR) is 88.1 cm³/mol. The summed E-state index contributed by atoms with van der Waals surface area (Å²) in [5.74, 6) is -0.229. The molecule has 124 valence electrons. The molecule has 2 rings (SSSR count). The second kappa shape index (κ2) is 9.09. The summed E-state index contributed by atoms with van der Waals surface area (Å²) in [5.41, 5.74) is 0. The van der Waals surface area contributed by atoms with Crippen molar-refractivity contribution in [1.29, 1.82) is 0 Å². The van der Waals surface area contributed by atoms with Crippen LogP contribution in [0.4, 0.5) is 0 Å². The minimum atomic E-state index is -0.409. The molecule has 0 aromatic carbocycles. The van der Waals surface area contributed by atoms with Gasteiger partial charge in [-0.15, -0.1) is 23.7 Å². The Bertz CT molecular complexity index is 484. The number of hydrogen-bond acceptors (Lipinski definition) is 5. The molecule has 1 fully saturated rings. The van der Waals surface area contributed by atoms with Gasteiger partial charge >= 0.3 is 0 Å². The van der Waals surface area contributed by atoms with E-state index in [9.17, 15) is 14.7 Å². The summed E-state index contributed by atoms with van der Waals surface area (Å²) >= 11 is 1.51. The number of amides is 2. The van der Waals surface area contributed by atoms with Crippen molar-refractivity contribution in [2.24, 2.45) is 5.92 Å². The summed E-state index contributed by atoms with van der Waals surface area (Å²) in [6.45, 7) is 3.18. The standard InChI is InChI=1S/C14H21N3O3S.ClH/c1-9(18)17-11(13-3-2-4-21-13)5-14(20)16-7-10-6-15-8-12(10)19;/h2-4,10-12,15,19H,5-8H2,1H3,(H,16,20)(H,17,18);1H. The molecule has 0 bridgehead atoms. The molecule has 6 nitrogen and oxygen atoms in total. The summed E-state index contributed by atoms with van der Waals surface area (Å²) < 4.78 is 0. The van der Waals surface area contributed by atoms with Crippen LogP contribution in [-0.4, -0.2) is 42.7 Å². The Balaban J connectivity index is 0.00000242. The third kappa shape index (κ3) is 5.57. The second-order valence-corrected chi connectivity index (χ2v) is 6.24. The average Bonchev–Trinajstić information content (AvgIpc) is 3.06. The normalized spacial score (nSPS) is 21.7. The van der Waals surface area contributed by atoms with Crippen LogP contribution in [0, 0.1) is 5.92 Å². The van der Waals surface area contributed by atoms with Gasteiger partial charge in [-0.05, 0) is 11.4 Å². The van der Waals surface area contributed by atoms with E-state index >= 15 is 0 Å². The van der Waals surface area contributed by atoms with E-state index in [1.165, 1.54) is 18.3 Å². The summed E-state index contributed by atoms with van der Waals surface area (Å²) in [7, 11) is 0. The first-order valence-corrected chi connectivity index (χ1v) is 7.90. The number of hydrogen-bond donors (Lipinski definition) is 4. The van der Waals surface area contributed by atoms with Gasteiger partial charge in [0.2, 0.25) is 11.8 Å². The summed E-state index contributed by atoms with van der Waals surface area (Å²) in [5, 5.41) is 20.3. The van der Waals surface area contributed by atoms with E-state index < -0.39 is 6.10 Å². The molecule has 22 heavy (non-hydrogen) atoms. The lowest BCUT2D eigenvalue weighted by molar-refractivity contribution is -0.123. The fraction of sp³-hybridized carbons (Fsp3) is 0.571. The molecule has 3 unspecified atom stereocenters.